The van der Waals surface area contributed by atoms with Gasteiger partial charge < -0.3 is 9.72 Å². The fourth-order valence-electron chi connectivity index (χ4n) is 2.64. The Morgan fingerprint density at radius 2 is 1.82 bits per heavy atom. The smallest absolute Gasteiger partial charge is 0.297 e. The molecule has 0 aliphatic carbocycles. The molecular formula is C19H17NO2. The number of aryl methyl sites for hydroxylation is 1. The standard InChI is InChI=1S/C19H17NO2/c21-14-22-13-17(15-6-2-1-3-7-15)11-10-16-12-20-19-9-5-4-8-18(16)19/h1-9,12-14,20H,10-11H2. The predicted octanol–water partition coefficient (Wildman–Crippen LogP) is 4.31. The van der Waals surface area contributed by atoms with Gasteiger partial charge in [-0.2, -0.15) is 0 Å². The Kier molecular flexibility index (Phi) is 4.35. The van der Waals surface area contributed by atoms with E-state index in [1.165, 1.54) is 17.2 Å². The van der Waals surface area contributed by atoms with E-state index in [4.69, 9.17) is 4.74 Å². The first-order valence-corrected chi connectivity index (χ1v) is 7.27. The van der Waals surface area contributed by atoms with Gasteiger partial charge in [0.2, 0.25) is 0 Å². The summed E-state index contributed by atoms with van der Waals surface area (Å²) in [6, 6.07) is 18.2. The topological polar surface area (TPSA) is 42.1 Å². The monoisotopic (exact) mass is 291 g/mol. The summed E-state index contributed by atoms with van der Waals surface area (Å²) in [5.74, 6) is 0. The van der Waals surface area contributed by atoms with E-state index >= 15 is 0 Å². The van der Waals surface area contributed by atoms with Gasteiger partial charge >= 0.3 is 0 Å². The second-order valence-corrected chi connectivity index (χ2v) is 5.10. The van der Waals surface area contributed by atoms with Crippen LogP contribution in [0.4, 0.5) is 0 Å². The first-order chi connectivity index (χ1) is 10.9. The molecule has 1 aromatic heterocycles. The molecule has 0 bridgehead atoms. The van der Waals surface area contributed by atoms with Gasteiger partial charge in [-0.15, -0.1) is 0 Å². The molecule has 0 amide bonds. The number of hydrogen-bond donors (Lipinski definition) is 1. The summed E-state index contributed by atoms with van der Waals surface area (Å²) in [6.07, 6.45) is 5.28. The van der Waals surface area contributed by atoms with Crippen molar-refractivity contribution in [2.45, 2.75) is 12.8 Å². The van der Waals surface area contributed by atoms with Crippen molar-refractivity contribution >= 4 is 22.9 Å². The van der Waals surface area contributed by atoms with Gasteiger partial charge in [-0.25, -0.2) is 0 Å². The van der Waals surface area contributed by atoms with E-state index in [2.05, 4.69) is 17.1 Å². The molecule has 1 heterocycles. The molecule has 3 aromatic rings. The summed E-state index contributed by atoms with van der Waals surface area (Å²) in [7, 11) is 0. The number of carbonyl (C=O) groups excluding carboxylic acids is 1. The lowest BCUT2D eigenvalue weighted by Gasteiger charge is -2.07. The van der Waals surface area contributed by atoms with E-state index in [1.54, 1.807) is 0 Å². The number of aromatic amines is 1. The highest BCUT2D eigenvalue weighted by molar-refractivity contribution is 5.83. The minimum Gasteiger partial charge on any atom is -0.436 e. The van der Waals surface area contributed by atoms with Gasteiger partial charge in [0.15, 0.2) is 0 Å². The number of carbonyl (C=O) groups is 1. The zero-order chi connectivity index (χ0) is 15.2. The summed E-state index contributed by atoms with van der Waals surface area (Å²) in [4.78, 5) is 13.8. The number of fused-ring (bicyclic) bond motifs is 1. The molecule has 110 valence electrons. The highest BCUT2D eigenvalue weighted by Crippen LogP contribution is 2.24. The van der Waals surface area contributed by atoms with Crippen LogP contribution in [0.15, 0.2) is 67.1 Å². The van der Waals surface area contributed by atoms with Crippen LogP contribution in [0.2, 0.25) is 0 Å². The molecule has 0 saturated carbocycles. The summed E-state index contributed by atoms with van der Waals surface area (Å²) < 4.78 is 4.86. The Labute approximate surface area is 129 Å². The van der Waals surface area contributed by atoms with Crippen molar-refractivity contribution in [1.29, 1.82) is 0 Å². The summed E-state index contributed by atoms with van der Waals surface area (Å²) >= 11 is 0. The molecule has 3 heteroatoms. The second-order valence-electron chi connectivity index (χ2n) is 5.10. The molecule has 2 aromatic carbocycles. The number of aromatic nitrogens is 1. The minimum atomic E-state index is 0.453. The van der Waals surface area contributed by atoms with Crippen molar-refractivity contribution in [2.24, 2.45) is 0 Å². The molecule has 0 aliphatic heterocycles. The van der Waals surface area contributed by atoms with E-state index in [0.29, 0.717) is 6.47 Å². The highest BCUT2D eigenvalue weighted by Gasteiger charge is 2.06. The van der Waals surface area contributed by atoms with Crippen molar-refractivity contribution in [3.8, 4) is 0 Å². The quantitative estimate of drug-likeness (QED) is 0.543. The SMILES string of the molecule is O=COC=C(CCc1c[nH]c2ccccc12)c1ccccc1. The van der Waals surface area contributed by atoms with Crippen LogP contribution in [-0.2, 0) is 16.0 Å². The molecule has 3 nitrogen and oxygen atoms in total. The fourth-order valence-corrected chi connectivity index (χ4v) is 2.64. The molecule has 0 atom stereocenters. The molecule has 0 fully saturated rings. The van der Waals surface area contributed by atoms with Crippen LogP contribution in [0, 0.1) is 0 Å². The van der Waals surface area contributed by atoms with Crippen LogP contribution in [-0.4, -0.2) is 11.5 Å². The van der Waals surface area contributed by atoms with Crippen LogP contribution >= 0.6 is 0 Å². The van der Waals surface area contributed by atoms with E-state index in [9.17, 15) is 4.79 Å². The van der Waals surface area contributed by atoms with Crippen molar-refractivity contribution in [3.63, 3.8) is 0 Å². The molecule has 0 aliphatic rings. The number of nitrogens with one attached hydrogen (secondary N) is 1. The number of H-pyrrole nitrogens is 1. The fraction of sp³-hybridized carbons (Fsp3) is 0.105. The Balaban J connectivity index is 1.81. The lowest BCUT2D eigenvalue weighted by molar-refractivity contribution is -0.123. The first kappa shape index (κ1) is 14.1. The maximum Gasteiger partial charge on any atom is 0.297 e. The average molecular weight is 291 g/mol. The molecule has 22 heavy (non-hydrogen) atoms. The third-order valence-electron chi connectivity index (χ3n) is 3.75. The first-order valence-electron chi connectivity index (χ1n) is 7.27. The van der Waals surface area contributed by atoms with Crippen molar-refractivity contribution in [3.05, 3.63) is 78.2 Å². The number of ether oxygens (including phenoxy) is 1. The third kappa shape index (κ3) is 3.09. The minimum absolute atomic E-state index is 0.453. The average Bonchev–Trinajstić information content (AvgIpc) is 2.99. The predicted molar refractivity (Wildman–Crippen MR) is 88.2 cm³/mol. The van der Waals surface area contributed by atoms with Crippen LogP contribution in [0.5, 0.6) is 0 Å². The second kappa shape index (κ2) is 6.76. The summed E-state index contributed by atoms with van der Waals surface area (Å²) in [6.45, 7) is 0.453. The van der Waals surface area contributed by atoms with Gasteiger partial charge in [0.25, 0.3) is 6.47 Å². The number of allylic oxidation sites excluding steroid dienone is 1. The van der Waals surface area contributed by atoms with Crippen LogP contribution in [0.25, 0.3) is 16.5 Å². The summed E-state index contributed by atoms with van der Waals surface area (Å²) in [5.41, 5.74) is 4.50. The van der Waals surface area contributed by atoms with Gasteiger partial charge in [0.1, 0.15) is 0 Å². The summed E-state index contributed by atoms with van der Waals surface area (Å²) in [5, 5.41) is 1.24. The molecule has 1 N–H and O–H groups in total. The maximum atomic E-state index is 10.5. The van der Waals surface area contributed by atoms with Crippen LogP contribution in [0.3, 0.4) is 0 Å². The Hall–Kier alpha value is -2.81. The number of hydrogen-bond acceptors (Lipinski definition) is 2. The van der Waals surface area contributed by atoms with Gasteiger partial charge in [-0.05, 0) is 35.6 Å². The highest BCUT2D eigenvalue weighted by atomic mass is 16.5. The Bertz CT molecular complexity index is 787. The molecule has 0 radical (unpaired) electrons. The Morgan fingerprint density at radius 1 is 1.05 bits per heavy atom. The van der Waals surface area contributed by atoms with Gasteiger partial charge in [-0.3, -0.25) is 4.79 Å². The van der Waals surface area contributed by atoms with Gasteiger partial charge in [0, 0.05) is 17.1 Å². The lowest BCUT2D eigenvalue weighted by Crippen LogP contribution is -1.91. The maximum absolute atomic E-state index is 10.5. The van der Waals surface area contributed by atoms with E-state index in [0.717, 1.165) is 29.5 Å². The van der Waals surface area contributed by atoms with E-state index < -0.39 is 0 Å². The number of rotatable bonds is 6. The van der Waals surface area contributed by atoms with Crippen molar-refractivity contribution in [2.75, 3.05) is 0 Å². The van der Waals surface area contributed by atoms with Crippen molar-refractivity contribution in [1.82, 2.24) is 4.98 Å². The zero-order valence-corrected chi connectivity index (χ0v) is 12.2. The molecule has 0 saturated heterocycles. The van der Waals surface area contributed by atoms with E-state index in [1.807, 2.05) is 48.7 Å². The largest absolute Gasteiger partial charge is 0.436 e. The molecular weight excluding hydrogens is 274 g/mol. The lowest BCUT2D eigenvalue weighted by atomic mass is 9.99. The third-order valence-corrected chi connectivity index (χ3v) is 3.75. The number of para-hydroxylation sites is 1. The van der Waals surface area contributed by atoms with Gasteiger partial charge in [0.05, 0.1) is 6.26 Å². The van der Waals surface area contributed by atoms with Crippen LogP contribution < -0.4 is 0 Å². The van der Waals surface area contributed by atoms with Crippen LogP contribution in [0.1, 0.15) is 17.5 Å². The van der Waals surface area contributed by atoms with Crippen molar-refractivity contribution < 1.29 is 9.53 Å². The molecule has 3 rings (SSSR count). The van der Waals surface area contributed by atoms with Gasteiger partial charge in [-0.1, -0.05) is 48.5 Å². The zero-order valence-electron chi connectivity index (χ0n) is 12.2. The molecule has 0 spiro atoms. The molecule has 0 unspecified atom stereocenters. The van der Waals surface area contributed by atoms with E-state index in [-0.39, 0.29) is 0 Å². The number of benzene rings is 2. The normalized spacial score (nSPS) is 11.5. The Morgan fingerprint density at radius 3 is 2.64 bits per heavy atom.